The van der Waals surface area contributed by atoms with E-state index in [0.717, 1.165) is 0 Å². The van der Waals surface area contributed by atoms with Crippen LogP contribution < -0.4 is 14.8 Å². The van der Waals surface area contributed by atoms with E-state index < -0.39 is 12.3 Å². The van der Waals surface area contributed by atoms with Crippen LogP contribution in [0.25, 0.3) is 0 Å². The van der Waals surface area contributed by atoms with Crippen LogP contribution in [0.4, 0.5) is 14.5 Å². The van der Waals surface area contributed by atoms with Gasteiger partial charge in [0.2, 0.25) is 0 Å². The molecule has 6 nitrogen and oxygen atoms in total. The van der Waals surface area contributed by atoms with Crippen LogP contribution in [0.3, 0.4) is 0 Å². The first kappa shape index (κ1) is 15.3. The summed E-state index contributed by atoms with van der Waals surface area (Å²) in [6.07, 6.45) is -3.62. The zero-order valence-corrected chi connectivity index (χ0v) is 11.4. The first-order valence-corrected chi connectivity index (χ1v) is 6.37. The van der Waals surface area contributed by atoms with Gasteiger partial charge in [0.15, 0.2) is 11.5 Å². The smallest absolute Gasteiger partial charge is 0.464 e. The number of ether oxygens (including phenoxy) is 4. The summed E-state index contributed by atoms with van der Waals surface area (Å²) in [5, 5.41) is 2.95. The molecule has 1 aliphatic heterocycles. The second-order valence-electron chi connectivity index (χ2n) is 4.11. The van der Waals surface area contributed by atoms with Crippen LogP contribution in [0.5, 0.6) is 11.5 Å². The molecule has 0 radical (unpaired) electrons. The number of hydrogen-bond acceptors (Lipinski definition) is 6. The Morgan fingerprint density at radius 1 is 1.33 bits per heavy atom. The Morgan fingerprint density at radius 2 is 2.10 bits per heavy atom. The van der Waals surface area contributed by atoms with Gasteiger partial charge in [-0.25, -0.2) is 4.79 Å². The molecule has 1 N–H and O–H groups in total. The second kappa shape index (κ2) is 6.57. The second-order valence-corrected chi connectivity index (χ2v) is 4.11. The van der Waals surface area contributed by atoms with Gasteiger partial charge in [0, 0.05) is 18.3 Å². The summed E-state index contributed by atoms with van der Waals surface area (Å²) >= 11 is 0. The highest BCUT2D eigenvalue weighted by Crippen LogP contribution is 2.42. The number of hydrogen-bond donors (Lipinski definition) is 1. The molecule has 0 saturated carbocycles. The number of nitrogens with one attached hydrogen (secondary N) is 1. The lowest BCUT2D eigenvalue weighted by atomic mass is 10.3. The zero-order chi connectivity index (χ0) is 15.3. The van der Waals surface area contributed by atoms with Crippen molar-refractivity contribution in [3.05, 3.63) is 18.2 Å². The topological polar surface area (TPSA) is 66.0 Å². The number of rotatable bonds is 7. The molecule has 0 atom stereocenters. The van der Waals surface area contributed by atoms with Crippen LogP contribution >= 0.6 is 0 Å². The van der Waals surface area contributed by atoms with Crippen molar-refractivity contribution in [2.24, 2.45) is 0 Å². The molecule has 0 bridgehead atoms. The monoisotopic (exact) mass is 303 g/mol. The van der Waals surface area contributed by atoms with Crippen molar-refractivity contribution in [1.82, 2.24) is 0 Å². The minimum Gasteiger partial charge on any atom is -0.464 e. The van der Waals surface area contributed by atoms with E-state index in [-0.39, 0.29) is 24.7 Å². The average molecular weight is 303 g/mol. The van der Waals surface area contributed by atoms with E-state index in [1.54, 1.807) is 13.0 Å². The van der Waals surface area contributed by atoms with E-state index >= 15 is 0 Å². The van der Waals surface area contributed by atoms with Crippen LogP contribution in [-0.2, 0) is 14.3 Å². The van der Waals surface area contributed by atoms with E-state index in [1.165, 1.54) is 12.1 Å². The molecule has 1 aromatic carbocycles. The molecule has 0 spiro atoms. The van der Waals surface area contributed by atoms with Gasteiger partial charge in [-0.15, -0.1) is 8.78 Å². The van der Waals surface area contributed by atoms with Crippen LogP contribution in [0.1, 0.15) is 6.92 Å². The third kappa shape index (κ3) is 4.45. The van der Waals surface area contributed by atoms with Crippen LogP contribution in [0, 0.1) is 0 Å². The number of carbonyl (C=O) groups excluding carboxylic acids is 1. The van der Waals surface area contributed by atoms with Gasteiger partial charge in [-0.1, -0.05) is 0 Å². The molecular weight excluding hydrogens is 288 g/mol. The highest BCUT2D eigenvalue weighted by molar-refractivity contribution is 5.70. The first-order chi connectivity index (χ1) is 10.00. The third-order valence-corrected chi connectivity index (χ3v) is 2.50. The average Bonchev–Trinajstić information content (AvgIpc) is 2.71. The lowest BCUT2D eigenvalue weighted by Gasteiger charge is -2.07. The van der Waals surface area contributed by atoms with Crippen LogP contribution in [0.2, 0.25) is 0 Å². The van der Waals surface area contributed by atoms with Gasteiger partial charge in [0.25, 0.3) is 0 Å². The lowest BCUT2D eigenvalue weighted by molar-refractivity contribution is -0.286. The number of carbonyl (C=O) groups is 1. The first-order valence-electron chi connectivity index (χ1n) is 6.37. The summed E-state index contributed by atoms with van der Waals surface area (Å²) in [5.74, 6) is -0.468. The summed E-state index contributed by atoms with van der Waals surface area (Å²) in [7, 11) is 0. The highest BCUT2D eigenvalue weighted by Gasteiger charge is 2.43. The molecule has 21 heavy (non-hydrogen) atoms. The Labute approximate surface area is 119 Å². The van der Waals surface area contributed by atoms with Crippen molar-refractivity contribution in [2.45, 2.75) is 13.2 Å². The van der Waals surface area contributed by atoms with Crippen molar-refractivity contribution >= 4 is 11.7 Å². The van der Waals surface area contributed by atoms with E-state index in [4.69, 9.17) is 9.47 Å². The Morgan fingerprint density at radius 3 is 2.86 bits per heavy atom. The highest BCUT2D eigenvalue weighted by atomic mass is 19.3. The van der Waals surface area contributed by atoms with Gasteiger partial charge in [-0.05, 0) is 19.1 Å². The predicted octanol–water partition coefficient (Wildman–Crippen LogP) is 2.00. The number of halogens is 2. The maximum absolute atomic E-state index is 12.8. The quantitative estimate of drug-likeness (QED) is 0.614. The van der Waals surface area contributed by atoms with E-state index in [9.17, 15) is 13.6 Å². The summed E-state index contributed by atoms with van der Waals surface area (Å²) < 4.78 is 44.1. The van der Waals surface area contributed by atoms with E-state index in [1.807, 2.05) is 0 Å². The molecule has 0 aromatic heterocycles. The molecule has 0 unspecified atom stereocenters. The Balaban J connectivity index is 1.72. The Kier molecular flexibility index (Phi) is 4.79. The molecule has 2 rings (SSSR count). The van der Waals surface area contributed by atoms with Gasteiger partial charge < -0.3 is 24.3 Å². The number of anilines is 1. The lowest BCUT2D eigenvalue weighted by Crippen LogP contribution is -2.25. The largest absolute Gasteiger partial charge is 0.586 e. The summed E-state index contributed by atoms with van der Waals surface area (Å²) in [6, 6.07) is 4.37. The summed E-state index contributed by atoms with van der Waals surface area (Å²) in [5.41, 5.74) is 0.579. The molecule has 8 heteroatoms. The number of esters is 1. The van der Waals surface area contributed by atoms with Crippen molar-refractivity contribution in [2.75, 3.05) is 31.7 Å². The van der Waals surface area contributed by atoms with Gasteiger partial charge in [-0.2, -0.15) is 0 Å². The normalized spacial score (nSPS) is 14.8. The van der Waals surface area contributed by atoms with Crippen molar-refractivity contribution < 1.29 is 32.5 Å². The Bertz CT molecular complexity index is 509. The van der Waals surface area contributed by atoms with Gasteiger partial charge >= 0.3 is 12.3 Å². The molecule has 0 aliphatic carbocycles. The van der Waals surface area contributed by atoms with E-state index in [2.05, 4.69) is 14.8 Å². The Hall–Kier alpha value is -2.09. The van der Waals surface area contributed by atoms with Crippen LogP contribution in [0.15, 0.2) is 18.2 Å². The number of benzene rings is 1. The van der Waals surface area contributed by atoms with Crippen molar-refractivity contribution in [3.8, 4) is 11.5 Å². The van der Waals surface area contributed by atoms with Crippen molar-refractivity contribution in [3.63, 3.8) is 0 Å². The fourth-order valence-corrected chi connectivity index (χ4v) is 1.68. The molecule has 1 heterocycles. The molecular formula is C13H15F2NO5. The van der Waals surface area contributed by atoms with Gasteiger partial charge in [0.05, 0.1) is 13.2 Å². The maximum atomic E-state index is 12.8. The van der Waals surface area contributed by atoms with E-state index in [0.29, 0.717) is 18.8 Å². The molecule has 1 aromatic rings. The SMILES string of the molecule is CCOC(=O)COCCNc1ccc2c(c1)OC(F)(F)O2. The number of fused-ring (bicyclic) bond motifs is 1. The fraction of sp³-hybridized carbons (Fsp3) is 0.462. The molecule has 1 aliphatic rings. The standard InChI is InChI=1S/C13H15F2NO5/c1-2-19-12(17)8-18-6-5-16-9-3-4-10-11(7-9)21-13(14,15)20-10/h3-4,7,16H,2,5-6,8H2,1H3. The summed E-state index contributed by atoms with van der Waals surface area (Å²) in [4.78, 5) is 11.0. The zero-order valence-electron chi connectivity index (χ0n) is 11.4. The molecule has 0 saturated heterocycles. The number of alkyl halides is 2. The minimum absolute atomic E-state index is 0.0101. The van der Waals surface area contributed by atoms with Crippen LogP contribution in [-0.4, -0.2) is 38.6 Å². The summed E-state index contributed by atoms with van der Waals surface area (Å²) in [6.45, 7) is 2.56. The third-order valence-electron chi connectivity index (χ3n) is 2.50. The predicted molar refractivity (Wildman–Crippen MR) is 68.6 cm³/mol. The van der Waals surface area contributed by atoms with Gasteiger partial charge in [-0.3, -0.25) is 0 Å². The minimum atomic E-state index is -3.62. The maximum Gasteiger partial charge on any atom is 0.586 e. The molecule has 0 amide bonds. The van der Waals surface area contributed by atoms with Gasteiger partial charge in [0.1, 0.15) is 6.61 Å². The molecule has 116 valence electrons. The molecule has 0 fully saturated rings. The fourth-order valence-electron chi connectivity index (χ4n) is 1.68. The van der Waals surface area contributed by atoms with Crippen molar-refractivity contribution in [1.29, 1.82) is 0 Å².